The van der Waals surface area contributed by atoms with E-state index in [0.29, 0.717) is 0 Å². The highest BCUT2D eigenvalue weighted by Gasteiger charge is 2.07. The molecule has 0 nitrogen and oxygen atoms in total. The second kappa shape index (κ2) is 20.6. The predicted molar refractivity (Wildman–Crippen MR) is 159 cm³/mol. The van der Waals surface area contributed by atoms with Crippen molar-refractivity contribution in [2.75, 3.05) is 0 Å². The fraction of sp³-hybridized carbons (Fsp3) is 0.750. The summed E-state index contributed by atoms with van der Waals surface area (Å²) in [4.78, 5) is 2.97. The summed E-state index contributed by atoms with van der Waals surface area (Å²) in [6.45, 7) is 4.60. The van der Waals surface area contributed by atoms with Gasteiger partial charge in [0.05, 0.1) is 0 Å². The molecule has 0 fully saturated rings. The van der Waals surface area contributed by atoms with E-state index in [9.17, 15) is 0 Å². The first-order valence-electron chi connectivity index (χ1n) is 15.0. The van der Waals surface area contributed by atoms with Gasteiger partial charge in [-0.25, -0.2) is 0 Å². The van der Waals surface area contributed by atoms with Crippen molar-refractivity contribution in [2.45, 2.75) is 155 Å². The summed E-state index contributed by atoms with van der Waals surface area (Å²) in [7, 11) is 0. The molecule has 0 saturated heterocycles. The van der Waals surface area contributed by atoms with Crippen LogP contribution in [-0.4, -0.2) is 0 Å². The van der Waals surface area contributed by atoms with E-state index in [4.69, 9.17) is 0 Å². The summed E-state index contributed by atoms with van der Waals surface area (Å²) in [6.07, 6.45) is 31.0. The molecule has 2 aromatic rings. The minimum absolute atomic E-state index is 1.27. The number of hydrogen-bond acceptors (Lipinski definition) is 2. The molecule has 0 aliphatic heterocycles. The third-order valence-electron chi connectivity index (χ3n) is 7.19. The molecule has 0 amide bonds. The van der Waals surface area contributed by atoms with Crippen molar-refractivity contribution in [3.63, 3.8) is 0 Å². The Balaban J connectivity index is 1.50. The Bertz CT molecular complexity index is 635. The zero-order valence-corrected chi connectivity index (χ0v) is 24.3. The SMILES string of the molecule is CCCCCCCCCCCCc1csc(-c2cc(CCCCCCCCCCCC)cs2)c1. The lowest BCUT2D eigenvalue weighted by atomic mass is 10.0. The predicted octanol–water partition coefficient (Wildman–Crippen LogP) is 12.4. The van der Waals surface area contributed by atoms with Crippen LogP contribution >= 0.6 is 22.7 Å². The van der Waals surface area contributed by atoms with Crippen molar-refractivity contribution in [2.24, 2.45) is 0 Å². The Morgan fingerprint density at radius 2 is 0.706 bits per heavy atom. The third kappa shape index (κ3) is 14.1. The van der Waals surface area contributed by atoms with Crippen molar-refractivity contribution in [3.05, 3.63) is 34.0 Å². The fourth-order valence-corrected chi connectivity index (χ4v) is 6.91. The fourth-order valence-electron chi connectivity index (χ4n) is 4.90. The molecule has 2 heteroatoms. The Morgan fingerprint density at radius 1 is 0.412 bits per heavy atom. The molecule has 0 aliphatic carbocycles. The summed E-state index contributed by atoms with van der Waals surface area (Å²) in [5.74, 6) is 0. The average Bonchev–Trinajstić information content (AvgIpc) is 3.51. The van der Waals surface area contributed by atoms with Gasteiger partial charge in [0.1, 0.15) is 0 Å². The smallest absolute Gasteiger partial charge is 0.0445 e. The van der Waals surface area contributed by atoms with Gasteiger partial charge in [-0.1, -0.05) is 129 Å². The van der Waals surface area contributed by atoms with Crippen LogP contribution in [0, 0.1) is 0 Å². The molecule has 0 bridgehead atoms. The second-order valence-electron chi connectivity index (χ2n) is 10.5. The van der Waals surface area contributed by atoms with Crippen LogP contribution in [0.15, 0.2) is 22.9 Å². The Morgan fingerprint density at radius 3 is 1.03 bits per heavy atom. The topological polar surface area (TPSA) is 0 Å². The molecular weight excluding hydrogens is 448 g/mol. The summed E-state index contributed by atoms with van der Waals surface area (Å²) >= 11 is 3.90. The van der Waals surface area contributed by atoms with Crippen LogP contribution in [0.1, 0.15) is 153 Å². The molecule has 2 heterocycles. The Hall–Kier alpha value is -0.600. The van der Waals surface area contributed by atoms with Gasteiger partial charge in [0.15, 0.2) is 0 Å². The van der Waals surface area contributed by atoms with Gasteiger partial charge >= 0.3 is 0 Å². The summed E-state index contributed by atoms with van der Waals surface area (Å²) in [6, 6.07) is 4.93. The third-order valence-corrected chi connectivity index (χ3v) is 9.34. The maximum absolute atomic E-state index is 2.47. The number of aryl methyl sites for hydroxylation is 2. The summed E-state index contributed by atoms with van der Waals surface area (Å²) < 4.78 is 0. The largest absolute Gasteiger partial charge is 0.143 e. The first kappa shape index (κ1) is 29.6. The zero-order chi connectivity index (χ0) is 24.1. The van der Waals surface area contributed by atoms with Gasteiger partial charge in [-0.3, -0.25) is 0 Å². The van der Waals surface area contributed by atoms with Crippen molar-refractivity contribution >= 4 is 22.7 Å². The van der Waals surface area contributed by atoms with Crippen LogP contribution < -0.4 is 0 Å². The lowest BCUT2D eigenvalue weighted by Crippen LogP contribution is -1.85. The van der Waals surface area contributed by atoms with E-state index in [1.165, 1.54) is 151 Å². The van der Waals surface area contributed by atoms with Crippen LogP contribution in [0.5, 0.6) is 0 Å². The van der Waals surface area contributed by atoms with Crippen LogP contribution in [0.4, 0.5) is 0 Å². The molecular formula is C32H54S2. The molecule has 194 valence electrons. The minimum Gasteiger partial charge on any atom is -0.143 e. The number of unbranched alkanes of at least 4 members (excludes halogenated alkanes) is 18. The Kier molecular flexibility index (Phi) is 17.9. The standard InChI is InChI=1S/C32H54S2/c1-3-5-7-9-11-13-15-17-19-21-23-29-25-31(33-27-29)32-26-30(28-34-32)24-22-20-18-16-14-12-10-8-6-4-2/h25-28H,3-24H2,1-2H3. The van der Waals surface area contributed by atoms with E-state index in [2.05, 4.69) is 36.7 Å². The Labute approximate surface area is 221 Å². The summed E-state index contributed by atoms with van der Waals surface area (Å²) in [5, 5.41) is 4.81. The van der Waals surface area contributed by atoms with Crippen molar-refractivity contribution in [3.8, 4) is 9.75 Å². The van der Waals surface area contributed by atoms with E-state index in [0.717, 1.165) is 0 Å². The lowest BCUT2D eigenvalue weighted by Gasteiger charge is -2.02. The maximum Gasteiger partial charge on any atom is 0.0445 e. The van der Waals surface area contributed by atoms with Gasteiger partial charge in [0.2, 0.25) is 0 Å². The maximum atomic E-state index is 2.47. The van der Waals surface area contributed by atoms with E-state index in [-0.39, 0.29) is 0 Å². The molecule has 0 aromatic carbocycles. The number of rotatable bonds is 23. The molecule has 34 heavy (non-hydrogen) atoms. The van der Waals surface area contributed by atoms with Gasteiger partial charge in [-0.05, 0) is 59.7 Å². The van der Waals surface area contributed by atoms with E-state index in [1.54, 1.807) is 11.1 Å². The molecule has 2 aromatic heterocycles. The zero-order valence-electron chi connectivity index (χ0n) is 22.7. The highest BCUT2D eigenvalue weighted by molar-refractivity contribution is 7.20. The highest BCUT2D eigenvalue weighted by Crippen LogP contribution is 2.33. The first-order chi connectivity index (χ1) is 16.8. The number of hydrogen-bond donors (Lipinski definition) is 0. The molecule has 0 atom stereocenters. The molecule has 0 radical (unpaired) electrons. The molecule has 2 rings (SSSR count). The monoisotopic (exact) mass is 502 g/mol. The minimum atomic E-state index is 1.27. The van der Waals surface area contributed by atoms with E-state index < -0.39 is 0 Å². The molecule has 0 unspecified atom stereocenters. The van der Waals surface area contributed by atoms with E-state index >= 15 is 0 Å². The van der Waals surface area contributed by atoms with E-state index in [1.807, 2.05) is 22.7 Å². The van der Waals surface area contributed by atoms with Gasteiger partial charge in [0, 0.05) is 9.75 Å². The van der Waals surface area contributed by atoms with Crippen molar-refractivity contribution in [1.82, 2.24) is 0 Å². The molecule has 0 N–H and O–H groups in total. The number of thiophene rings is 2. The normalized spacial score (nSPS) is 11.5. The van der Waals surface area contributed by atoms with Crippen molar-refractivity contribution < 1.29 is 0 Å². The summed E-state index contributed by atoms with van der Waals surface area (Å²) in [5.41, 5.74) is 3.12. The lowest BCUT2D eigenvalue weighted by molar-refractivity contribution is 0.556. The van der Waals surface area contributed by atoms with Gasteiger partial charge in [-0.15, -0.1) is 22.7 Å². The second-order valence-corrected chi connectivity index (χ2v) is 12.3. The van der Waals surface area contributed by atoms with Crippen LogP contribution in [0.3, 0.4) is 0 Å². The molecule has 0 aliphatic rings. The van der Waals surface area contributed by atoms with Gasteiger partial charge in [0.25, 0.3) is 0 Å². The van der Waals surface area contributed by atoms with Crippen LogP contribution in [0.25, 0.3) is 9.75 Å². The molecule has 0 spiro atoms. The first-order valence-corrected chi connectivity index (χ1v) is 16.7. The van der Waals surface area contributed by atoms with Gasteiger partial charge in [-0.2, -0.15) is 0 Å². The average molecular weight is 503 g/mol. The van der Waals surface area contributed by atoms with Crippen LogP contribution in [0.2, 0.25) is 0 Å². The molecule has 0 saturated carbocycles. The van der Waals surface area contributed by atoms with Crippen molar-refractivity contribution in [1.29, 1.82) is 0 Å². The van der Waals surface area contributed by atoms with Gasteiger partial charge < -0.3 is 0 Å². The highest BCUT2D eigenvalue weighted by atomic mass is 32.1. The quantitative estimate of drug-likeness (QED) is 0.132. The van der Waals surface area contributed by atoms with Crippen LogP contribution in [-0.2, 0) is 12.8 Å².